The molecular weight excluding hydrogens is 254 g/mol. The Bertz CT molecular complexity index is 648. The number of aryl methyl sites for hydroxylation is 1. The van der Waals surface area contributed by atoms with E-state index in [0.29, 0.717) is 11.4 Å². The van der Waals surface area contributed by atoms with Gasteiger partial charge in [-0.15, -0.1) is 0 Å². The smallest absolute Gasteiger partial charge is 0.265 e. The van der Waals surface area contributed by atoms with Crippen LogP contribution in [0.15, 0.2) is 36.5 Å². The molecule has 5 heteroatoms. The maximum Gasteiger partial charge on any atom is 0.265 e. The van der Waals surface area contributed by atoms with Crippen molar-refractivity contribution in [3.8, 4) is 5.75 Å². The zero-order valence-electron chi connectivity index (χ0n) is 11.5. The van der Waals surface area contributed by atoms with Crippen LogP contribution in [0, 0.1) is 0 Å². The topological polar surface area (TPSA) is 55.3 Å². The standard InChI is InChI=1S/C15H17N3O2/c1-10-15(19)17-13-8-11(5-6-14(13)20-10)16-9-12-4-3-7-18(12)2/h3-8,10,16H,9H2,1-2H3,(H,17,19). The van der Waals surface area contributed by atoms with E-state index >= 15 is 0 Å². The van der Waals surface area contributed by atoms with Gasteiger partial charge >= 0.3 is 0 Å². The van der Waals surface area contributed by atoms with E-state index in [1.165, 1.54) is 5.69 Å². The van der Waals surface area contributed by atoms with Crippen LogP contribution in [0.3, 0.4) is 0 Å². The average molecular weight is 271 g/mol. The minimum Gasteiger partial charge on any atom is -0.479 e. The van der Waals surface area contributed by atoms with Crippen LogP contribution in [-0.4, -0.2) is 16.6 Å². The molecule has 0 saturated carbocycles. The molecule has 0 bridgehead atoms. The molecule has 2 aromatic rings. The van der Waals surface area contributed by atoms with Crippen LogP contribution in [0.1, 0.15) is 12.6 Å². The van der Waals surface area contributed by atoms with E-state index in [0.717, 1.165) is 12.2 Å². The van der Waals surface area contributed by atoms with Gasteiger partial charge in [-0.05, 0) is 37.3 Å². The molecule has 104 valence electrons. The second kappa shape index (κ2) is 4.92. The second-order valence-corrected chi connectivity index (χ2v) is 4.92. The number of hydrogen-bond acceptors (Lipinski definition) is 3. The van der Waals surface area contributed by atoms with Gasteiger partial charge in [-0.25, -0.2) is 0 Å². The van der Waals surface area contributed by atoms with Gasteiger partial charge in [0.2, 0.25) is 0 Å². The van der Waals surface area contributed by atoms with Crippen LogP contribution in [0.25, 0.3) is 0 Å². The SMILES string of the molecule is CC1Oc2ccc(NCc3cccn3C)cc2NC1=O. The molecule has 0 spiro atoms. The van der Waals surface area contributed by atoms with Crippen LogP contribution >= 0.6 is 0 Å². The van der Waals surface area contributed by atoms with E-state index in [-0.39, 0.29) is 5.91 Å². The van der Waals surface area contributed by atoms with Crippen LogP contribution in [-0.2, 0) is 18.4 Å². The number of nitrogens with zero attached hydrogens (tertiary/aromatic N) is 1. The molecule has 1 atom stereocenters. The molecule has 0 radical (unpaired) electrons. The number of rotatable bonds is 3. The minimum atomic E-state index is -0.440. The molecule has 5 nitrogen and oxygen atoms in total. The fourth-order valence-corrected chi connectivity index (χ4v) is 2.19. The first-order valence-electron chi connectivity index (χ1n) is 6.59. The fourth-order valence-electron chi connectivity index (χ4n) is 2.19. The van der Waals surface area contributed by atoms with Gasteiger partial charge in [0.15, 0.2) is 6.10 Å². The number of carbonyl (C=O) groups excluding carboxylic acids is 1. The molecule has 0 saturated heterocycles. The number of fused-ring (bicyclic) bond motifs is 1. The summed E-state index contributed by atoms with van der Waals surface area (Å²) in [4.78, 5) is 11.6. The summed E-state index contributed by atoms with van der Waals surface area (Å²) in [6, 6.07) is 9.80. The molecule has 20 heavy (non-hydrogen) atoms. The first-order chi connectivity index (χ1) is 9.63. The van der Waals surface area contributed by atoms with Crippen LogP contribution < -0.4 is 15.4 Å². The van der Waals surface area contributed by atoms with Crippen molar-refractivity contribution in [3.05, 3.63) is 42.2 Å². The van der Waals surface area contributed by atoms with E-state index in [9.17, 15) is 4.79 Å². The molecule has 0 fully saturated rings. The number of anilines is 2. The highest BCUT2D eigenvalue weighted by molar-refractivity contribution is 5.98. The highest BCUT2D eigenvalue weighted by atomic mass is 16.5. The van der Waals surface area contributed by atoms with Crippen molar-refractivity contribution >= 4 is 17.3 Å². The molecule has 2 N–H and O–H groups in total. The molecule has 1 aromatic carbocycles. The van der Waals surface area contributed by atoms with Gasteiger partial charge in [0.05, 0.1) is 12.2 Å². The number of amides is 1. The Morgan fingerprint density at radius 2 is 2.25 bits per heavy atom. The summed E-state index contributed by atoms with van der Waals surface area (Å²) < 4.78 is 7.59. The van der Waals surface area contributed by atoms with E-state index in [1.54, 1.807) is 6.92 Å². The molecule has 3 rings (SSSR count). The van der Waals surface area contributed by atoms with Gasteiger partial charge in [0.25, 0.3) is 5.91 Å². The summed E-state index contributed by atoms with van der Waals surface area (Å²) in [7, 11) is 2.01. The lowest BCUT2D eigenvalue weighted by Crippen LogP contribution is -2.34. The zero-order chi connectivity index (χ0) is 14.1. The van der Waals surface area contributed by atoms with Gasteiger partial charge in [-0.3, -0.25) is 4.79 Å². The third-order valence-electron chi connectivity index (χ3n) is 3.44. The number of aromatic nitrogens is 1. The molecule has 1 amide bonds. The lowest BCUT2D eigenvalue weighted by Gasteiger charge is -2.23. The average Bonchev–Trinajstić information content (AvgIpc) is 2.83. The fraction of sp³-hybridized carbons (Fsp3) is 0.267. The summed E-state index contributed by atoms with van der Waals surface area (Å²) in [5, 5.41) is 6.18. The van der Waals surface area contributed by atoms with Crippen molar-refractivity contribution in [1.82, 2.24) is 4.57 Å². The number of ether oxygens (including phenoxy) is 1. The molecular formula is C15H17N3O2. The molecule has 2 heterocycles. The Hall–Kier alpha value is -2.43. The summed E-state index contributed by atoms with van der Waals surface area (Å²) >= 11 is 0. The van der Waals surface area contributed by atoms with Crippen molar-refractivity contribution in [3.63, 3.8) is 0 Å². The first kappa shape index (κ1) is 12.6. The van der Waals surface area contributed by atoms with E-state index < -0.39 is 6.10 Å². The summed E-state index contributed by atoms with van der Waals surface area (Å²) in [5.41, 5.74) is 2.85. The van der Waals surface area contributed by atoms with E-state index in [2.05, 4.69) is 21.3 Å². The van der Waals surface area contributed by atoms with Gasteiger partial charge < -0.3 is 19.9 Å². The van der Waals surface area contributed by atoms with Crippen LogP contribution in [0.5, 0.6) is 5.75 Å². The maximum atomic E-state index is 11.6. The third-order valence-corrected chi connectivity index (χ3v) is 3.44. The highest BCUT2D eigenvalue weighted by Crippen LogP contribution is 2.32. The Balaban J connectivity index is 1.74. The molecule has 1 aliphatic heterocycles. The predicted molar refractivity (Wildman–Crippen MR) is 77.9 cm³/mol. The number of hydrogen-bond donors (Lipinski definition) is 2. The summed E-state index contributed by atoms with van der Waals surface area (Å²) in [6.45, 7) is 2.47. The Kier molecular flexibility index (Phi) is 3.10. The molecule has 1 unspecified atom stereocenters. The maximum absolute atomic E-state index is 11.6. The van der Waals surface area contributed by atoms with Crippen molar-refractivity contribution in [2.75, 3.05) is 10.6 Å². The molecule has 1 aliphatic rings. The van der Waals surface area contributed by atoms with E-state index in [4.69, 9.17) is 4.74 Å². The van der Waals surface area contributed by atoms with Gasteiger partial charge in [0, 0.05) is 24.6 Å². The third kappa shape index (κ3) is 2.34. The second-order valence-electron chi connectivity index (χ2n) is 4.92. The zero-order valence-corrected chi connectivity index (χ0v) is 11.5. The highest BCUT2D eigenvalue weighted by Gasteiger charge is 2.23. The summed E-state index contributed by atoms with van der Waals surface area (Å²) in [5.74, 6) is 0.596. The Labute approximate surface area is 117 Å². The number of nitrogens with one attached hydrogen (secondary N) is 2. The lowest BCUT2D eigenvalue weighted by molar-refractivity contribution is -0.122. The summed E-state index contributed by atoms with van der Waals surface area (Å²) in [6.07, 6.45) is 1.57. The predicted octanol–water partition coefficient (Wildman–Crippen LogP) is 2.36. The first-order valence-corrected chi connectivity index (χ1v) is 6.59. The minimum absolute atomic E-state index is 0.114. The van der Waals surface area contributed by atoms with Crippen molar-refractivity contribution in [2.45, 2.75) is 19.6 Å². The van der Waals surface area contributed by atoms with Gasteiger partial charge in [0.1, 0.15) is 5.75 Å². The van der Waals surface area contributed by atoms with E-state index in [1.807, 2.05) is 37.5 Å². The van der Waals surface area contributed by atoms with Crippen LogP contribution in [0.2, 0.25) is 0 Å². The van der Waals surface area contributed by atoms with Crippen molar-refractivity contribution in [2.24, 2.45) is 7.05 Å². The van der Waals surface area contributed by atoms with Gasteiger partial charge in [-0.2, -0.15) is 0 Å². The Morgan fingerprint density at radius 1 is 1.40 bits per heavy atom. The van der Waals surface area contributed by atoms with Crippen LogP contribution in [0.4, 0.5) is 11.4 Å². The monoisotopic (exact) mass is 271 g/mol. The Morgan fingerprint density at radius 3 is 3.00 bits per heavy atom. The van der Waals surface area contributed by atoms with Gasteiger partial charge in [-0.1, -0.05) is 0 Å². The quantitative estimate of drug-likeness (QED) is 0.901. The molecule has 0 aliphatic carbocycles. The number of carbonyl (C=O) groups is 1. The molecule has 1 aromatic heterocycles. The van der Waals surface area contributed by atoms with Crippen molar-refractivity contribution < 1.29 is 9.53 Å². The van der Waals surface area contributed by atoms with Crippen molar-refractivity contribution in [1.29, 1.82) is 0 Å². The lowest BCUT2D eigenvalue weighted by atomic mass is 10.2. The normalized spacial score (nSPS) is 17.1. The largest absolute Gasteiger partial charge is 0.479 e. The number of benzene rings is 1.